The van der Waals surface area contributed by atoms with Gasteiger partial charge in [-0.15, -0.1) is 11.3 Å². The summed E-state index contributed by atoms with van der Waals surface area (Å²) in [5, 5.41) is 6.62. The minimum absolute atomic E-state index is 0.345. The van der Waals surface area contributed by atoms with E-state index in [0.717, 1.165) is 48.4 Å². The van der Waals surface area contributed by atoms with Gasteiger partial charge in [0.2, 0.25) is 0 Å². The molecule has 0 radical (unpaired) electrons. The standard InChI is InChI=1S/C21H24N4O2S/c1-26-18-2-4-19(5-3-18)27-14-21-24-17(15-28-21)13-25-11-10-23-12-20(25)16-6-8-22-9-7-16/h2-9,15,20,23H,10-14H2,1H3. The lowest BCUT2D eigenvalue weighted by Gasteiger charge is -2.36. The van der Waals surface area contributed by atoms with Gasteiger partial charge in [-0.05, 0) is 42.0 Å². The van der Waals surface area contributed by atoms with Crippen LogP contribution in [0.3, 0.4) is 0 Å². The van der Waals surface area contributed by atoms with E-state index in [2.05, 4.69) is 32.7 Å². The molecule has 3 heterocycles. The van der Waals surface area contributed by atoms with Crippen molar-refractivity contribution in [3.8, 4) is 11.5 Å². The summed E-state index contributed by atoms with van der Waals surface area (Å²) < 4.78 is 11.0. The summed E-state index contributed by atoms with van der Waals surface area (Å²) in [4.78, 5) is 11.4. The highest BCUT2D eigenvalue weighted by Gasteiger charge is 2.24. The third-order valence-electron chi connectivity index (χ3n) is 4.83. The number of ether oxygens (including phenoxy) is 2. The Morgan fingerprint density at radius 3 is 2.71 bits per heavy atom. The van der Waals surface area contributed by atoms with E-state index >= 15 is 0 Å². The van der Waals surface area contributed by atoms with Crippen LogP contribution >= 0.6 is 11.3 Å². The largest absolute Gasteiger partial charge is 0.497 e. The summed E-state index contributed by atoms with van der Waals surface area (Å²) in [5.41, 5.74) is 2.39. The maximum atomic E-state index is 5.85. The number of pyridine rings is 1. The molecule has 1 unspecified atom stereocenters. The summed E-state index contributed by atoms with van der Waals surface area (Å²) in [6, 6.07) is 12.1. The quantitative estimate of drug-likeness (QED) is 0.661. The highest BCUT2D eigenvalue weighted by Crippen LogP contribution is 2.25. The molecule has 0 aliphatic carbocycles. The molecule has 2 aromatic heterocycles. The first kappa shape index (κ1) is 18.9. The van der Waals surface area contributed by atoms with Crippen molar-refractivity contribution in [2.75, 3.05) is 26.7 Å². The molecule has 1 N–H and O–H groups in total. The molecule has 7 heteroatoms. The van der Waals surface area contributed by atoms with E-state index in [1.807, 2.05) is 36.7 Å². The van der Waals surface area contributed by atoms with Crippen molar-refractivity contribution in [1.82, 2.24) is 20.2 Å². The van der Waals surface area contributed by atoms with Crippen LogP contribution in [0, 0.1) is 0 Å². The first-order chi connectivity index (χ1) is 13.8. The molecule has 4 rings (SSSR count). The Morgan fingerprint density at radius 1 is 1.14 bits per heavy atom. The Kier molecular flexibility index (Phi) is 6.16. The lowest BCUT2D eigenvalue weighted by atomic mass is 10.0. The predicted molar refractivity (Wildman–Crippen MR) is 110 cm³/mol. The van der Waals surface area contributed by atoms with Crippen molar-refractivity contribution in [1.29, 1.82) is 0 Å². The zero-order chi connectivity index (χ0) is 19.2. The van der Waals surface area contributed by atoms with Crippen LogP contribution in [0.25, 0.3) is 0 Å². The minimum atomic E-state index is 0.345. The molecule has 0 spiro atoms. The topological polar surface area (TPSA) is 59.5 Å². The molecular formula is C21H24N4O2S. The van der Waals surface area contributed by atoms with Gasteiger partial charge in [0.15, 0.2) is 0 Å². The van der Waals surface area contributed by atoms with Gasteiger partial charge in [0.1, 0.15) is 23.1 Å². The second-order valence-electron chi connectivity index (χ2n) is 6.67. The van der Waals surface area contributed by atoms with Gasteiger partial charge in [-0.2, -0.15) is 0 Å². The van der Waals surface area contributed by atoms with Crippen LogP contribution in [0.2, 0.25) is 0 Å². The number of piperazine rings is 1. The van der Waals surface area contributed by atoms with Gasteiger partial charge >= 0.3 is 0 Å². The maximum absolute atomic E-state index is 5.85. The Labute approximate surface area is 169 Å². The van der Waals surface area contributed by atoms with Gasteiger partial charge in [-0.3, -0.25) is 9.88 Å². The Hall–Kier alpha value is -2.48. The number of nitrogens with zero attached hydrogens (tertiary/aromatic N) is 3. The zero-order valence-corrected chi connectivity index (χ0v) is 16.7. The van der Waals surface area contributed by atoms with Gasteiger partial charge in [0, 0.05) is 50.0 Å². The molecule has 0 saturated carbocycles. The van der Waals surface area contributed by atoms with E-state index < -0.39 is 0 Å². The van der Waals surface area contributed by atoms with Gasteiger partial charge in [-0.25, -0.2) is 4.98 Å². The molecule has 28 heavy (non-hydrogen) atoms. The average Bonchev–Trinajstić information content (AvgIpc) is 3.21. The molecule has 1 fully saturated rings. The van der Waals surface area contributed by atoms with Gasteiger partial charge < -0.3 is 14.8 Å². The molecule has 0 amide bonds. The van der Waals surface area contributed by atoms with Crippen LogP contribution in [0.1, 0.15) is 22.3 Å². The number of rotatable bonds is 7. The van der Waals surface area contributed by atoms with E-state index in [1.54, 1.807) is 18.4 Å². The molecule has 0 bridgehead atoms. The molecule has 1 saturated heterocycles. The SMILES string of the molecule is COc1ccc(OCc2nc(CN3CCNCC3c3ccncc3)cs2)cc1. The highest BCUT2D eigenvalue weighted by atomic mass is 32.1. The summed E-state index contributed by atoms with van der Waals surface area (Å²) in [5.74, 6) is 1.64. The van der Waals surface area contributed by atoms with Gasteiger partial charge in [0.05, 0.1) is 12.8 Å². The average molecular weight is 397 g/mol. The number of nitrogens with one attached hydrogen (secondary N) is 1. The highest BCUT2D eigenvalue weighted by molar-refractivity contribution is 7.09. The van der Waals surface area contributed by atoms with Crippen LogP contribution in [-0.2, 0) is 13.2 Å². The molecule has 146 valence electrons. The van der Waals surface area contributed by atoms with Crippen molar-refractivity contribution in [3.05, 3.63) is 70.4 Å². The first-order valence-electron chi connectivity index (χ1n) is 9.36. The van der Waals surface area contributed by atoms with Crippen LogP contribution in [0.4, 0.5) is 0 Å². The summed E-state index contributed by atoms with van der Waals surface area (Å²) >= 11 is 1.65. The van der Waals surface area contributed by atoms with Crippen molar-refractivity contribution in [2.45, 2.75) is 19.2 Å². The normalized spacial score (nSPS) is 17.4. The molecular weight excluding hydrogens is 372 g/mol. The van der Waals surface area contributed by atoms with E-state index in [0.29, 0.717) is 12.6 Å². The van der Waals surface area contributed by atoms with Gasteiger partial charge in [0.25, 0.3) is 0 Å². The number of aromatic nitrogens is 2. The summed E-state index contributed by atoms with van der Waals surface area (Å²) in [6.45, 7) is 4.27. The van der Waals surface area contributed by atoms with Gasteiger partial charge in [-0.1, -0.05) is 0 Å². The van der Waals surface area contributed by atoms with Crippen molar-refractivity contribution < 1.29 is 9.47 Å². The van der Waals surface area contributed by atoms with E-state index in [4.69, 9.17) is 14.5 Å². The predicted octanol–water partition coefficient (Wildman–Crippen LogP) is 3.27. The van der Waals surface area contributed by atoms with Crippen molar-refractivity contribution in [3.63, 3.8) is 0 Å². The fourth-order valence-corrected chi connectivity index (χ4v) is 4.06. The number of methoxy groups -OCH3 is 1. The minimum Gasteiger partial charge on any atom is -0.497 e. The second kappa shape index (κ2) is 9.14. The Balaban J connectivity index is 1.36. The van der Waals surface area contributed by atoms with E-state index in [-0.39, 0.29) is 0 Å². The summed E-state index contributed by atoms with van der Waals surface area (Å²) in [7, 11) is 1.66. The van der Waals surface area contributed by atoms with Crippen LogP contribution in [0.5, 0.6) is 11.5 Å². The maximum Gasteiger partial charge on any atom is 0.140 e. The van der Waals surface area contributed by atoms with Crippen molar-refractivity contribution >= 4 is 11.3 Å². The molecule has 1 aliphatic heterocycles. The van der Waals surface area contributed by atoms with E-state index in [9.17, 15) is 0 Å². The van der Waals surface area contributed by atoms with E-state index in [1.165, 1.54) is 5.56 Å². The van der Waals surface area contributed by atoms with Crippen LogP contribution < -0.4 is 14.8 Å². The second-order valence-corrected chi connectivity index (χ2v) is 7.61. The fraction of sp³-hybridized carbons (Fsp3) is 0.333. The third-order valence-corrected chi connectivity index (χ3v) is 5.70. The first-order valence-corrected chi connectivity index (χ1v) is 10.2. The lowest BCUT2D eigenvalue weighted by molar-refractivity contribution is 0.152. The van der Waals surface area contributed by atoms with Crippen molar-refractivity contribution in [2.24, 2.45) is 0 Å². The zero-order valence-electron chi connectivity index (χ0n) is 15.9. The molecule has 1 aromatic carbocycles. The lowest BCUT2D eigenvalue weighted by Crippen LogP contribution is -2.45. The van der Waals surface area contributed by atoms with Crippen LogP contribution in [0.15, 0.2) is 54.2 Å². The Morgan fingerprint density at radius 2 is 1.93 bits per heavy atom. The fourth-order valence-electron chi connectivity index (χ4n) is 3.36. The molecule has 1 atom stereocenters. The molecule has 6 nitrogen and oxygen atoms in total. The molecule has 3 aromatic rings. The monoisotopic (exact) mass is 396 g/mol. The Bertz CT molecular complexity index is 870. The molecule has 1 aliphatic rings. The third kappa shape index (κ3) is 4.67. The number of thiazole rings is 1. The smallest absolute Gasteiger partial charge is 0.140 e. The number of hydrogen-bond acceptors (Lipinski definition) is 7. The van der Waals surface area contributed by atoms with Crippen LogP contribution in [-0.4, -0.2) is 41.6 Å². The number of benzene rings is 1. The summed E-state index contributed by atoms with van der Waals surface area (Å²) in [6.07, 6.45) is 3.72. The number of hydrogen-bond donors (Lipinski definition) is 1.